The van der Waals surface area contributed by atoms with Crippen LogP contribution in [0.3, 0.4) is 0 Å². The fourth-order valence-corrected chi connectivity index (χ4v) is 4.52. The molecule has 0 spiro atoms. The van der Waals surface area contributed by atoms with Crippen molar-refractivity contribution < 1.29 is 27.8 Å². The summed E-state index contributed by atoms with van der Waals surface area (Å²) in [6.45, 7) is 0.738. The van der Waals surface area contributed by atoms with Crippen molar-refractivity contribution in [3.8, 4) is 11.6 Å². The summed E-state index contributed by atoms with van der Waals surface area (Å²) in [6.07, 6.45) is 4.00. The predicted octanol–water partition coefficient (Wildman–Crippen LogP) is 4.55. The van der Waals surface area contributed by atoms with Gasteiger partial charge in [-0.05, 0) is 43.2 Å². The Morgan fingerprint density at radius 3 is 2.67 bits per heavy atom. The second-order valence-electron chi connectivity index (χ2n) is 8.41. The molecule has 7 nitrogen and oxygen atoms in total. The molecule has 4 aromatic rings. The van der Waals surface area contributed by atoms with Gasteiger partial charge >= 0.3 is 5.97 Å². The number of nitrogens with zero attached hydrogens (tertiary/aromatic N) is 3. The maximum absolute atomic E-state index is 15.4. The molecule has 1 aliphatic rings. The fourth-order valence-electron chi connectivity index (χ4n) is 4.52. The molecule has 1 aliphatic heterocycles. The summed E-state index contributed by atoms with van der Waals surface area (Å²) in [4.78, 5) is 30.4. The first kappa shape index (κ1) is 23.4. The number of benzene rings is 2. The van der Waals surface area contributed by atoms with Crippen LogP contribution in [0.25, 0.3) is 16.6 Å². The number of hydrogen-bond donors (Lipinski definition) is 1. The summed E-state index contributed by atoms with van der Waals surface area (Å²) in [5.41, 5.74) is -1.74. The first-order valence-electron chi connectivity index (χ1n) is 11.2. The van der Waals surface area contributed by atoms with Crippen molar-refractivity contribution in [1.82, 2.24) is 9.55 Å². The molecule has 2 aromatic heterocycles. The number of aromatic nitrogens is 2. The number of anilines is 1. The molecule has 10 heteroatoms. The molecule has 5 rings (SSSR count). The van der Waals surface area contributed by atoms with Gasteiger partial charge in [-0.15, -0.1) is 0 Å². The van der Waals surface area contributed by atoms with Crippen LogP contribution in [0, 0.1) is 17.5 Å². The van der Waals surface area contributed by atoms with E-state index in [1.54, 1.807) is 29.3 Å². The number of pyridine rings is 2. The maximum atomic E-state index is 15.4. The van der Waals surface area contributed by atoms with Crippen molar-refractivity contribution >= 4 is 22.6 Å². The standard InChI is InChI=1S/C26H20F3N3O4/c27-18-6-3-7-20(24(18)29)32-13-17(26(34)35)25(33)16-11-19(28)22(12-21(16)32)31-10-4-5-15(31)14-36-23-8-1-2-9-30-23/h1-3,6-9,11-13,15H,4-5,10,14H2,(H,34,35)/t15-/m1/s1. The lowest BCUT2D eigenvalue weighted by atomic mass is 10.1. The highest BCUT2D eigenvalue weighted by Gasteiger charge is 2.29. The molecule has 0 bridgehead atoms. The van der Waals surface area contributed by atoms with E-state index in [2.05, 4.69) is 4.98 Å². The van der Waals surface area contributed by atoms with Crippen LogP contribution in [0.4, 0.5) is 18.9 Å². The van der Waals surface area contributed by atoms with Crippen LogP contribution in [-0.4, -0.2) is 39.8 Å². The molecule has 0 aliphatic carbocycles. The van der Waals surface area contributed by atoms with Gasteiger partial charge in [-0.2, -0.15) is 0 Å². The normalized spacial score (nSPS) is 15.4. The third kappa shape index (κ3) is 4.15. The Morgan fingerprint density at radius 2 is 1.92 bits per heavy atom. The number of rotatable bonds is 6. The molecule has 1 fully saturated rings. The molecule has 3 heterocycles. The molecule has 1 N–H and O–H groups in total. The molecule has 0 radical (unpaired) electrons. The van der Waals surface area contributed by atoms with Crippen molar-refractivity contribution in [3.63, 3.8) is 0 Å². The van der Waals surface area contributed by atoms with Crippen molar-refractivity contribution in [3.05, 3.63) is 94.2 Å². The minimum atomic E-state index is -1.57. The zero-order valence-electron chi connectivity index (χ0n) is 18.8. The van der Waals surface area contributed by atoms with Crippen LogP contribution in [0.5, 0.6) is 5.88 Å². The molecule has 0 amide bonds. The van der Waals surface area contributed by atoms with E-state index in [-0.39, 0.29) is 34.9 Å². The van der Waals surface area contributed by atoms with Gasteiger partial charge in [0.2, 0.25) is 11.3 Å². The Morgan fingerprint density at radius 1 is 1.08 bits per heavy atom. The van der Waals surface area contributed by atoms with Gasteiger partial charge in [0.1, 0.15) is 18.0 Å². The lowest BCUT2D eigenvalue weighted by molar-refractivity contribution is 0.0695. The van der Waals surface area contributed by atoms with Crippen molar-refractivity contribution in [2.75, 3.05) is 18.1 Å². The van der Waals surface area contributed by atoms with E-state index in [1.807, 2.05) is 0 Å². The molecule has 2 aromatic carbocycles. The molecule has 36 heavy (non-hydrogen) atoms. The minimum absolute atomic E-state index is 0.0437. The zero-order chi connectivity index (χ0) is 25.4. The molecular formula is C26H20F3N3O4. The van der Waals surface area contributed by atoms with Crippen molar-refractivity contribution in [2.45, 2.75) is 18.9 Å². The Bertz CT molecular complexity index is 1520. The summed E-state index contributed by atoms with van der Waals surface area (Å²) in [6, 6.07) is 10.8. The van der Waals surface area contributed by atoms with Gasteiger partial charge in [-0.25, -0.2) is 22.9 Å². The SMILES string of the molecule is O=C(O)c1cn(-c2cccc(F)c2F)c2cc(N3CCC[C@@H]3COc3ccccn3)c(F)cc2c1=O. The van der Waals surface area contributed by atoms with E-state index in [0.29, 0.717) is 18.8 Å². The summed E-state index contributed by atoms with van der Waals surface area (Å²) < 4.78 is 50.9. The minimum Gasteiger partial charge on any atom is -0.477 e. The number of halogens is 3. The first-order valence-corrected chi connectivity index (χ1v) is 11.2. The summed E-state index contributed by atoms with van der Waals surface area (Å²) >= 11 is 0. The number of carboxylic acid groups (broad SMARTS) is 1. The van der Waals surface area contributed by atoms with E-state index < -0.39 is 34.4 Å². The number of aromatic carboxylic acids is 1. The monoisotopic (exact) mass is 495 g/mol. The topological polar surface area (TPSA) is 84.7 Å². The van der Waals surface area contributed by atoms with E-state index in [1.165, 1.54) is 18.2 Å². The summed E-state index contributed by atoms with van der Waals surface area (Å²) in [5.74, 6) is -4.25. The van der Waals surface area contributed by atoms with Gasteiger partial charge in [0, 0.05) is 30.4 Å². The van der Waals surface area contributed by atoms with E-state index in [4.69, 9.17) is 4.74 Å². The second kappa shape index (κ2) is 9.37. The Hall–Kier alpha value is -4.34. The number of carboxylic acids is 1. The van der Waals surface area contributed by atoms with Gasteiger partial charge in [-0.3, -0.25) is 4.79 Å². The van der Waals surface area contributed by atoms with Crippen molar-refractivity contribution in [2.24, 2.45) is 0 Å². The average Bonchev–Trinajstić information content (AvgIpc) is 3.34. The summed E-state index contributed by atoms with van der Waals surface area (Å²) in [5, 5.41) is 9.24. The largest absolute Gasteiger partial charge is 0.477 e. The third-order valence-corrected chi connectivity index (χ3v) is 6.24. The molecule has 184 valence electrons. The second-order valence-corrected chi connectivity index (χ2v) is 8.41. The van der Waals surface area contributed by atoms with Crippen LogP contribution >= 0.6 is 0 Å². The van der Waals surface area contributed by atoms with Gasteiger partial charge < -0.3 is 19.3 Å². The van der Waals surface area contributed by atoms with E-state index in [0.717, 1.165) is 29.3 Å². The Kier molecular flexibility index (Phi) is 6.09. The molecular weight excluding hydrogens is 475 g/mol. The van der Waals surface area contributed by atoms with Crippen LogP contribution in [0.2, 0.25) is 0 Å². The average molecular weight is 495 g/mol. The highest BCUT2D eigenvalue weighted by Crippen LogP contribution is 2.32. The Labute approximate surface area is 203 Å². The number of ether oxygens (including phenoxy) is 1. The molecule has 1 atom stereocenters. The summed E-state index contributed by atoms with van der Waals surface area (Å²) in [7, 11) is 0. The highest BCUT2D eigenvalue weighted by atomic mass is 19.2. The maximum Gasteiger partial charge on any atom is 0.341 e. The first-order chi connectivity index (χ1) is 17.3. The third-order valence-electron chi connectivity index (χ3n) is 6.24. The van der Waals surface area contributed by atoms with Crippen LogP contribution in [0.15, 0.2) is 65.7 Å². The zero-order valence-corrected chi connectivity index (χ0v) is 18.8. The van der Waals surface area contributed by atoms with Crippen LogP contribution in [0.1, 0.15) is 23.2 Å². The fraction of sp³-hybridized carbons (Fsp3) is 0.192. The lowest BCUT2D eigenvalue weighted by Crippen LogP contribution is -2.35. The molecule has 0 saturated carbocycles. The number of hydrogen-bond acceptors (Lipinski definition) is 5. The molecule has 0 unspecified atom stereocenters. The predicted molar refractivity (Wildman–Crippen MR) is 126 cm³/mol. The van der Waals surface area contributed by atoms with E-state index in [9.17, 15) is 23.5 Å². The smallest absolute Gasteiger partial charge is 0.341 e. The quantitative estimate of drug-likeness (QED) is 0.423. The van der Waals surface area contributed by atoms with Gasteiger partial charge in [0.05, 0.1) is 22.9 Å². The van der Waals surface area contributed by atoms with Gasteiger partial charge in [-0.1, -0.05) is 12.1 Å². The molecule has 1 saturated heterocycles. The van der Waals surface area contributed by atoms with Gasteiger partial charge in [0.25, 0.3) is 0 Å². The highest BCUT2D eigenvalue weighted by molar-refractivity contribution is 5.94. The van der Waals surface area contributed by atoms with Crippen molar-refractivity contribution in [1.29, 1.82) is 0 Å². The number of fused-ring (bicyclic) bond motifs is 1. The van der Waals surface area contributed by atoms with Crippen LogP contribution < -0.4 is 15.1 Å². The van der Waals surface area contributed by atoms with E-state index >= 15 is 4.39 Å². The Balaban J connectivity index is 1.64. The van der Waals surface area contributed by atoms with Gasteiger partial charge in [0.15, 0.2) is 11.6 Å². The lowest BCUT2D eigenvalue weighted by Gasteiger charge is -2.27. The van der Waals surface area contributed by atoms with Crippen LogP contribution in [-0.2, 0) is 0 Å². The number of carbonyl (C=O) groups is 1.